The Balaban J connectivity index is 1.31. The minimum absolute atomic E-state index is 0.0751. The zero-order chi connectivity index (χ0) is 38.9. The molecule has 2 heterocycles. The second kappa shape index (κ2) is 21.3. The number of hydrogen-bond donors (Lipinski definition) is 2. The zero-order valence-electron chi connectivity index (χ0n) is 32.2. The van der Waals surface area contributed by atoms with Gasteiger partial charge >= 0.3 is 6.09 Å². The van der Waals surface area contributed by atoms with Gasteiger partial charge in [0.15, 0.2) is 11.6 Å². The number of aromatic nitrogens is 1. The molecule has 2 N–H and O–H groups in total. The van der Waals surface area contributed by atoms with Gasteiger partial charge in [-0.3, -0.25) is 19.2 Å². The van der Waals surface area contributed by atoms with Gasteiger partial charge in [-0.25, -0.2) is 9.69 Å². The topological polar surface area (TPSA) is 144 Å². The van der Waals surface area contributed by atoms with Crippen LogP contribution in [0.2, 0.25) is 0 Å². The van der Waals surface area contributed by atoms with Crippen LogP contribution in [0.5, 0.6) is 5.75 Å². The van der Waals surface area contributed by atoms with E-state index >= 15 is 0 Å². The van der Waals surface area contributed by atoms with Crippen LogP contribution in [0, 0.1) is 0 Å². The number of methoxy groups -OCH3 is 1. The molecule has 1 saturated heterocycles. The van der Waals surface area contributed by atoms with Crippen molar-refractivity contribution < 1.29 is 33.4 Å². The number of nitrogens with zero attached hydrogens (tertiary/aromatic N) is 2. The van der Waals surface area contributed by atoms with E-state index in [1.165, 1.54) is 110 Å². The zero-order valence-corrected chi connectivity index (χ0v) is 33.1. The predicted molar refractivity (Wildman–Crippen MR) is 213 cm³/mol. The van der Waals surface area contributed by atoms with Crippen LogP contribution in [0.4, 0.5) is 16.2 Å². The summed E-state index contributed by atoms with van der Waals surface area (Å²) in [7, 11) is 1.41. The summed E-state index contributed by atoms with van der Waals surface area (Å²) in [6.45, 7) is 5.03. The lowest BCUT2D eigenvalue weighted by atomic mass is 10.0. The summed E-state index contributed by atoms with van der Waals surface area (Å²) in [5.41, 5.74) is 0.238. The van der Waals surface area contributed by atoms with Crippen LogP contribution in [0.3, 0.4) is 0 Å². The minimum atomic E-state index is -1.90. The van der Waals surface area contributed by atoms with E-state index in [-0.39, 0.29) is 22.2 Å². The number of rotatable bonds is 24. The molecule has 1 fully saturated rings. The molecule has 0 radical (unpaired) electrons. The summed E-state index contributed by atoms with van der Waals surface area (Å²) in [4.78, 5) is 67.7. The molecule has 2 aromatic carbocycles. The quantitative estimate of drug-likeness (QED) is 0.0522. The third-order valence-electron chi connectivity index (χ3n) is 9.60. The van der Waals surface area contributed by atoms with Crippen LogP contribution in [-0.2, 0) is 19.1 Å². The average Bonchev–Trinajstić information content (AvgIpc) is 3.72. The summed E-state index contributed by atoms with van der Waals surface area (Å²) in [5.74, 6) is -2.51. The Morgan fingerprint density at radius 1 is 0.815 bits per heavy atom. The van der Waals surface area contributed by atoms with Crippen molar-refractivity contribution in [2.75, 3.05) is 17.7 Å². The summed E-state index contributed by atoms with van der Waals surface area (Å²) in [5, 5.41) is 5.53. The number of cyclic esters (lactones) is 1. The molecule has 0 spiro atoms. The number of imide groups is 1. The van der Waals surface area contributed by atoms with Gasteiger partial charge in [-0.15, -0.1) is 0 Å². The Morgan fingerprint density at radius 2 is 1.41 bits per heavy atom. The Hall–Kier alpha value is -4.58. The van der Waals surface area contributed by atoms with Gasteiger partial charge in [0.05, 0.1) is 23.4 Å². The van der Waals surface area contributed by atoms with E-state index in [4.69, 9.17) is 9.47 Å². The third-order valence-corrected chi connectivity index (χ3v) is 10.4. The van der Waals surface area contributed by atoms with Gasteiger partial charge < -0.3 is 20.1 Å². The van der Waals surface area contributed by atoms with Crippen LogP contribution in [0.25, 0.3) is 11.3 Å². The number of carbonyl (C=O) groups is 5. The average molecular weight is 761 g/mol. The lowest BCUT2D eigenvalue weighted by molar-refractivity contribution is -0.137. The summed E-state index contributed by atoms with van der Waals surface area (Å²) >= 11 is 0.859. The largest absolute Gasteiger partial charge is 0.495 e. The fourth-order valence-electron chi connectivity index (χ4n) is 6.50. The Labute approximate surface area is 323 Å². The number of unbranched alkanes of at least 4 members (excludes halogenated alkanes) is 14. The van der Waals surface area contributed by atoms with Crippen LogP contribution >= 0.6 is 11.5 Å². The van der Waals surface area contributed by atoms with Gasteiger partial charge in [0.2, 0.25) is 11.7 Å². The molecular formula is C42H56N4O7S. The number of anilines is 2. The highest BCUT2D eigenvalue weighted by molar-refractivity contribution is 7.08. The van der Waals surface area contributed by atoms with Crippen LogP contribution < -0.4 is 15.4 Å². The molecule has 4 rings (SSSR count). The summed E-state index contributed by atoms with van der Waals surface area (Å²) in [6.07, 6.45) is 17.9. The van der Waals surface area contributed by atoms with Crippen molar-refractivity contribution in [3.8, 4) is 17.0 Å². The van der Waals surface area contributed by atoms with E-state index in [0.29, 0.717) is 22.7 Å². The molecule has 1 atom stereocenters. The maximum atomic E-state index is 14.0. The molecule has 11 nitrogen and oxygen atoms in total. The first-order chi connectivity index (χ1) is 26.1. The lowest BCUT2D eigenvalue weighted by Crippen LogP contribution is -2.53. The van der Waals surface area contributed by atoms with Gasteiger partial charge in [-0.1, -0.05) is 127 Å². The van der Waals surface area contributed by atoms with Gasteiger partial charge in [0.25, 0.3) is 11.8 Å². The summed E-state index contributed by atoms with van der Waals surface area (Å²) < 4.78 is 15.1. The Bertz CT molecular complexity index is 1710. The third kappa shape index (κ3) is 12.2. The molecule has 0 aliphatic carbocycles. The molecular weight excluding hydrogens is 705 g/mol. The number of ketones is 1. The van der Waals surface area contributed by atoms with Crippen molar-refractivity contribution in [1.82, 2.24) is 9.27 Å². The van der Waals surface area contributed by atoms with E-state index in [2.05, 4.69) is 21.9 Å². The molecule has 0 bridgehead atoms. The molecule has 4 amide bonds. The van der Waals surface area contributed by atoms with E-state index < -0.39 is 35.3 Å². The van der Waals surface area contributed by atoms with E-state index in [1.807, 2.05) is 30.3 Å². The summed E-state index contributed by atoms with van der Waals surface area (Å²) in [6, 6.07) is 13.5. The molecule has 12 heteroatoms. The number of hydrogen-bond acceptors (Lipinski definition) is 9. The van der Waals surface area contributed by atoms with E-state index in [0.717, 1.165) is 36.4 Å². The van der Waals surface area contributed by atoms with E-state index in [1.54, 1.807) is 12.1 Å². The number of Topliss-reactive ketones (excluding diaryl/α,β-unsaturated/α-hetero) is 1. The van der Waals surface area contributed by atoms with Crippen LogP contribution in [0.15, 0.2) is 54.6 Å². The van der Waals surface area contributed by atoms with Crippen molar-refractivity contribution in [2.45, 2.75) is 135 Å². The van der Waals surface area contributed by atoms with Gasteiger partial charge in [-0.05, 0) is 56.1 Å². The number of benzene rings is 2. The fraction of sp³-hybridized carbons (Fsp3) is 0.524. The molecule has 1 aromatic heterocycles. The fourth-order valence-corrected chi connectivity index (χ4v) is 7.22. The highest BCUT2D eigenvalue weighted by Crippen LogP contribution is 2.32. The highest BCUT2D eigenvalue weighted by Gasteiger charge is 2.54. The molecule has 54 heavy (non-hydrogen) atoms. The van der Waals surface area contributed by atoms with Gasteiger partial charge in [-0.2, -0.15) is 4.37 Å². The minimum Gasteiger partial charge on any atom is -0.495 e. The lowest BCUT2D eigenvalue weighted by Gasteiger charge is -2.23. The first-order valence-electron chi connectivity index (χ1n) is 19.5. The number of nitrogens with one attached hydrogen (secondary N) is 2. The predicted octanol–water partition coefficient (Wildman–Crippen LogP) is 9.97. The first-order valence-corrected chi connectivity index (χ1v) is 20.2. The molecule has 1 unspecified atom stereocenters. The van der Waals surface area contributed by atoms with Crippen molar-refractivity contribution in [1.29, 1.82) is 0 Å². The van der Waals surface area contributed by atoms with Gasteiger partial charge in [0, 0.05) is 17.7 Å². The molecule has 0 saturated carbocycles. The normalized spacial score (nSPS) is 14.1. The first kappa shape index (κ1) is 42.2. The molecule has 1 aliphatic heterocycles. The number of ether oxygens (including phenoxy) is 2. The Morgan fingerprint density at radius 3 is 1.96 bits per heavy atom. The second-order valence-corrected chi connectivity index (χ2v) is 15.2. The number of amides is 4. The standard InChI is InChI=1S/C42H56N4O7S/c1-5-6-7-8-9-10-11-12-13-14-15-16-17-18-22-25-36(47)43-31-26-27-34(52-4)33(28-31)44-39(49)37(46-40(50)42(2,3)53-41(46)51)38(48)35-29-32(45-54-35)30-23-20-19-21-24-30/h19-21,23-24,26-29,37H,5-18,22,25H2,1-4H3,(H,43,47)(H,44,49). The van der Waals surface area contributed by atoms with Crippen molar-refractivity contribution in [3.63, 3.8) is 0 Å². The monoisotopic (exact) mass is 760 g/mol. The SMILES string of the molecule is CCCCCCCCCCCCCCCCCC(=O)Nc1ccc(OC)c(NC(=O)C(C(=O)c2cc(-c3ccccc3)ns2)N2C(=O)OC(C)(C)C2=O)c1. The Kier molecular flexibility index (Phi) is 16.7. The molecule has 1 aliphatic rings. The second-order valence-electron chi connectivity index (χ2n) is 14.4. The smallest absolute Gasteiger partial charge is 0.418 e. The van der Waals surface area contributed by atoms with E-state index in [9.17, 15) is 24.0 Å². The highest BCUT2D eigenvalue weighted by atomic mass is 32.1. The van der Waals surface area contributed by atoms with Crippen LogP contribution in [0.1, 0.15) is 133 Å². The number of carbonyl (C=O) groups excluding carboxylic acids is 5. The van der Waals surface area contributed by atoms with Crippen LogP contribution in [-0.4, -0.2) is 57.6 Å². The maximum Gasteiger partial charge on any atom is 0.418 e. The van der Waals surface area contributed by atoms with Crippen molar-refractivity contribution in [2.24, 2.45) is 0 Å². The van der Waals surface area contributed by atoms with Gasteiger partial charge in [0.1, 0.15) is 5.75 Å². The molecule has 292 valence electrons. The maximum absolute atomic E-state index is 14.0. The molecule has 3 aromatic rings. The van der Waals surface area contributed by atoms with Crippen molar-refractivity contribution >= 4 is 52.5 Å². The van der Waals surface area contributed by atoms with Crippen molar-refractivity contribution in [3.05, 3.63) is 59.5 Å².